The SMILES string of the molecule is COC(=O)CN(C(=O)CNc1ccc(OC)cc1)c1ccccc1. The summed E-state index contributed by atoms with van der Waals surface area (Å²) >= 11 is 0. The average molecular weight is 328 g/mol. The van der Waals surface area contributed by atoms with Crippen LogP contribution in [0.3, 0.4) is 0 Å². The number of rotatable bonds is 7. The normalized spacial score (nSPS) is 9.92. The molecule has 0 radical (unpaired) electrons. The van der Waals surface area contributed by atoms with Crippen LogP contribution in [0.2, 0.25) is 0 Å². The molecule has 0 atom stereocenters. The van der Waals surface area contributed by atoms with E-state index in [2.05, 4.69) is 10.1 Å². The predicted molar refractivity (Wildman–Crippen MR) is 92.3 cm³/mol. The highest BCUT2D eigenvalue weighted by atomic mass is 16.5. The smallest absolute Gasteiger partial charge is 0.325 e. The van der Waals surface area contributed by atoms with Crippen LogP contribution >= 0.6 is 0 Å². The van der Waals surface area contributed by atoms with Crippen LogP contribution < -0.4 is 15.0 Å². The van der Waals surface area contributed by atoms with Crippen molar-refractivity contribution in [1.82, 2.24) is 0 Å². The van der Waals surface area contributed by atoms with Crippen molar-refractivity contribution in [2.24, 2.45) is 0 Å². The molecule has 2 rings (SSSR count). The molecule has 0 aliphatic carbocycles. The number of methoxy groups -OCH3 is 2. The lowest BCUT2D eigenvalue weighted by atomic mass is 10.2. The minimum atomic E-state index is -0.475. The zero-order valence-electron chi connectivity index (χ0n) is 13.7. The third-order valence-corrected chi connectivity index (χ3v) is 3.42. The molecule has 24 heavy (non-hydrogen) atoms. The minimum Gasteiger partial charge on any atom is -0.497 e. The van der Waals surface area contributed by atoms with Gasteiger partial charge in [0, 0.05) is 11.4 Å². The van der Waals surface area contributed by atoms with Gasteiger partial charge >= 0.3 is 5.97 Å². The van der Waals surface area contributed by atoms with Crippen LogP contribution in [0.1, 0.15) is 0 Å². The lowest BCUT2D eigenvalue weighted by Gasteiger charge is -2.22. The molecule has 0 saturated heterocycles. The summed E-state index contributed by atoms with van der Waals surface area (Å²) in [6.07, 6.45) is 0. The van der Waals surface area contributed by atoms with E-state index in [1.165, 1.54) is 12.0 Å². The average Bonchev–Trinajstić information content (AvgIpc) is 2.65. The van der Waals surface area contributed by atoms with Crippen LogP contribution in [0.5, 0.6) is 5.75 Å². The predicted octanol–water partition coefficient (Wildman–Crippen LogP) is 2.31. The second-order valence-corrected chi connectivity index (χ2v) is 4.97. The van der Waals surface area contributed by atoms with E-state index in [0.717, 1.165) is 11.4 Å². The molecular formula is C18H20N2O4. The number of nitrogens with one attached hydrogen (secondary N) is 1. The highest BCUT2D eigenvalue weighted by Gasteiger charge is 2.19. The number of benzene rings is 2. The van der Waals surface area contributed by atoms with Crippen LogP contribution in [-0.4, -0.2) is 39.2 Å². The summed E-state index contributed by atoms with van der Waals surface area (Å²) in [7, 11) is 2.89. The summed E-state index contributed by atoms with van der Waals surface area (Å²) in [6.45, 7) is -0.0815. The standard InChI is InChI=1S/C18H20N2O4/c1-23-16-10-8-14(9-11-16)19-12-17(21)20(13-18(22)24-2)15-6-4-3-5-7-15/h3-11,19H,12-13H2,1-2H3. The summed E-state index contributed by atoms with van der Waals surface area (Å²) in [5.41, 5.74) is 1.43. The van der Waals surface area contributed by atoms with Crippen molar-refractivity contribution in [3.63, 3.8) is 0 Å². The first kappa shape index (κ1) is 17.3. The molecular weight excluding hydrogens is 308 g/mol. The second-order valence-electron chi connectivity index (χ2n) is 4.97. The third-order valence-electron chi connectivity index (χ3n) is 3.42. The Labute approximate surface area is 141 Å². The summed E-state index contributed by atoms with van der Waals surface area (Å²) in [4.78, 5) is 25.5. The van der Waals surface area contributed by atoms with E-state index in [1.54, 1.807) is 31.4 Å². The molecule has 1 N–H and O–H groups in total. The van der Waals surface area contributed by atoms with E-state index in [4.69, 9.17) is 4.74 Å². The number of hydrogen-bond donors (Lipinski definition) is 1. The molecule has 2 aromatic carbocycles. The topological polar surface area (TPSA) is 67.9 Å². The van der Waals surface area contributed by atoms with Gasteiger partial charge in [0.25, 0.3) is 0 Å². The number of anilines is 2. The molecule has 126 valence electrons. The fourth-order valence-corrected chi connectivity index (χ4v) is 2.11. The largest absolute Gasteiger partial charge is 0.497 e. The number of nitrogens with zero attached hydrogens (tertiary/aromatic N) is 1. The Balaban J connectivity index is 2.05. The van der Waals surface area contributed by atoms with Gasteiger partial charge in [-0.05, 0) is 36.4 Å². The van der Waals surface area contributed by atoms with Crippen molar-refractivity contribution in [2.45, 2.75) is 0 Å². The Morgan fingerprint density at radius 2 is 1.67 bits per heavy atom. The Hall–Kier alpha value is -3.02. The molecule has 0 saturated carbocycles. The first-order valence-corrected chi connectivity index (χ1v) is 7.44. The zero-order valence-corrected chi connectivity index (χ0v) is 13.7. The minimum absolute atomic E-state index is 0.0538. The molecule has 0 heterocycles. The molecule has 0 fully saturated rings. The third kappa shape index (κ3) is 4.74. The molecule has 6 heteroatoms. The van der Waals surface area contributed by atoms with Crippen molar-refractivity contribution < 1.29 is 19.1 Å². The maximum absolute atomic E-state index is 12.5. The summed E-state index contributed by atoms with van der Waals surface area (Å²) in [5, 5.41) is 3.04. The van der Waals surface area contributed by atoms with Gasteiger partial charge in [-0.3, -0.25) is 14.5 Å². The van der Waals surface area contributed by atoms with Crippen LogP contribution in [0.4, 0.5) is 11.4 Å². The van der Waals surface area contributed by atoms with Gasteiger partial charge in [0.2, 0.25) is 5.91 Å². The van der Waals surface area contributed by atoms with Crippen molar-refractivity contribution >= 4 is 23.3 Å². The maximum Gasteiger partial charge on any atom is 0.325 e. The first-order valence-electron chi connectivity index (χ1n) is 7.44. The van der Waals surface area contributed by atoms with E-state index in [0.29, 0.717) is 5.69 Å². The van der Waals surface area contributed by atoms with Gasteiger partial charge in [-0.25, -0.2) is 0 Å². The van der Waals surface area contributed by atoms with Gasteiger partial charge in [0.15, 0.2) is 0 Å². The lowest BCUT2D eigenvalue weighted by molar-refractivity contribution is -0.139. The van der Waals surface area contributed by atoms with Crippen LogP contribution in [0.25, 0.3) is 0 Å². The second kappa shape index (κ2) is 8.57. The summed E-state index contributed by atoms with van der Waals surface area (Å²) in [5.74, 6) is 0.0301. The van der Waals surface area contributed by atoms with Gasteiger partial charge in [0.05, 0.1) is 20.8 Å². The molecule has 0 aliphatic rings. The number of carbonyl (C=O) groups is 2. The van der Waals surface area contributed by atoms with Gasteiger partial charge in [-0.2, -0.15) is 0 Å². The van der Waals surface area contributed by atoms with E-state index >= 15 is 0 Å². The van der Waals surface area contributed by atoms with E-state index in [-0.39, 0.29) is 19.0 Å². The first-order chi connectivity index (χ1) is 11.6. The van der Waals surface area contributed by atoms with Crippen molar-refractivity contribution in [3.8, 4) is 5.75 Å². The number of esters is 1. The Morgan fingerprint density at radius 1 is 1.00 bits per heavy atom. The number of ether oxygens (including phenoxy) is 2. The Kier molecular flexibility index (Phi) is 6.19. The summed E-state index contributed by atoms with van der Waals surface area (Å²) < 4.78 is 9.77. The number of amides is 1. The highest BCUT2D eigenvalue weighted by Crippen LogP contribution is 2.16. The molecule has 6 nitrogen and oxygen atoms in total. The van der Waals surface area contributed by atoms with Crippen LogP contribution in [0.15, 0.2) is 54.6 Å². The van der Waals surface area contributed by atoms with Gasteiger partial charge < -0.3 is 14.8 Å². The van der Waals surface area contributed by atoms with Gasteiger partial charge in [-0.1, -0.05) is 18.2 Å². The Bertz CT molecular complexity index is 671. The van der Waals surface area contributed by atoms with E-state index in [1.807, 2.05) is 30.3 Å². The van der Waals surface area contributed by atoms with Crippen LogP contribution in [-0.2, 0) is 14.3 Å². The molecule has 0 unspecified atom stereocenters. The maximum atomic E-state index is 12.5. The number of hydrogen-bond acceptors (Lipinski definition) is 5. The lowest BCUT2D eigenvalue weighted by Crippen LogP contribution is -2.39. The monoisotopic (exact) mass is 328 g/mol. The molecule has 2 aromatic rings. The quantitative estimate of drug-likeness (QED) is 0.790. The number of carbonyl (C=O) groups excluding carboxylic acids is 2. The van der Waals surface area contributed by atoms with Crippen molar-refractivity contribution in [3.05, 3.63) is 54.6 Å². The van der Waals surface area contributed by atoms with Crippen molar-refractivity contribution in [1.29, 1.82) is 0 Å². The molecule has 0 aromatic heterocycles. The van der Waals surface area contributed by atoms with E-state index in [9.17, 15) is 9.59 Å². The van der Waals surface area contributed by atoms with E-state index < -0.39 is 5.97 Å². The summed E-state index contributed by atoms with van der Waals surface area (Å²) in [6, 6.07) is 16.3. The van der Waals surface area contributed by atoms with Gasteiger partial charge in [0.1, 0.15) is 12.3 Å². The molecule has 1 amide bonds. The fourth-order valence-electron chi connectivity index (χ4n) is 2.11. The Morgan fingerprint density at radius 3 is 2.25 bits per heavy atom. The molecule has 0 aliphatic heterocycles. The zero-order chi connectivity index (χ0) is 17.4. The number of para-hydroxylation sites is 1. The van der Waals surface area contributed by atoms with Crippen molar-refractivity contribution in [2.75, 3.05) is 37.5 Å². The molecule has 0 bridgehead atoms. The molecule has 0 spiro atoms. The van der Waals surface area contributed by atoms with Crippen LogP contribution in [0, 0.1) is 0 Å². The fraction of sp³-hybridized carbons (Fsp3) is 0.222. The van der Waals surface area contributed by atoms with Gasteiger partial charge in [-0.15, -0.1) is 0 Å². The highest BCUT2D eigenvalue weighted by molar-refractivity contribution is 5.99.